The van der Waals surface area contributed by atoms with E-state index in [1.807, 2.05) is 37.3 Å². The first-order valence-electron chi connectivity index (χ1n) is 9.89. The number of nitrogens with zero attached hydrogens (tertiary/aromatic N) is 2. The van der Waals surface area contributed by atoms with Crippen molar-refractivity contribution in [1.29, 1.82) is 0 Å². The Morgan fingerprint density at radius 2 is 2.00 bits per heavy atom. The van der Waals surface area contributed by atoms with Crippen molar-refractivity contribution in [3.05, 3.63) is 69.5 Å². The third-order valence-corrected chi connectivity index (χ3v) is 6.47. The quantitative estimate of drug-likeness (QED) is 0.337. The van der Waals surface area contributed by atoms with Crippen molar-refractivity contribution in [3.8, 4) is 0 Å². The van der Waals surface area contributed by atoms with Crippen LogP contribution in [-0.2, 0) is 24.1 Å². The van der Waals surface area contributed by atoms with Crippen LogP contribution in [0.3, 0.4) is 0 Å². The van der Waals surface area contributed by atoms with Gasteiger partial charge in [0.1, 0.15) is 0 Å². The van der Waals surface area contributed by atoms with Crippen molar-refractivity contribution in [3.63, 3.8) is 0 Å². The van der Waals surface area contributed by atoms with Crippen LogP contribution < -0.4 is 5.56 Å². The molecule has 0 spiro atoms. The molecule has 0 N–H and O–H groups in total. The van der Waals surface area contributed by atoms with E-state index in [-0.39, 0.29) is 16.6 Å². The number of Topliss-reactive ketones (excluding diaryl/α,β-unsaturated/α-hetero) is 1. The molecule has 0 unspecified atom stereocenters. The van der Waals surface area contributed by atoms with Crippen LogP contribution in [0.5, 0.6) is 0 Å². The van der Waals surface area contributed by atoms with E-state index in [2.05, 4.69) is 11.1 Å². The zero-order valence-corrected chi connectivity index (χ0v) is 17.5. The summed E-state index contributed by atoms with van der Waals surface area (Å²) in [5, 5.41) is 0.773. The molecule has 6 heteroatoms. The highest BCUT2D eigenvalue weighted by atomic mass is 32.2. The maximum atomic E-state index is 13.1. The lowest BCUT2D eigenvalue weighted by atomic mass is 10.0. The predicted molar refractivity (Wildman–Crippen MR) is 116 cm³/mol. The molecule has 0 aliphatic heterocycles. The number of fused-ring (bicyclic) bond motifs is 2. The van der Waals surface area contributed by atoms with E-state index in [4.69, 9.17) is 4.74 Å². The SMILES string of the molecule is COCCn1c(S[C@@H](C)C(=O)c2ccc3c(c2)CCC3)nc2ccccc2c1=O. The number of hydrogen-bond acceptors (Lipinski definition) is 5. The fourth-order valence-electron chi connectivity index (χ4n) is 3.79. The smallest absolute Gasteiger partial charge is 0.262 e. The Labute approximate surface area is 174 Å². The highest BCUT2D eigenvalue weighted by molar-refractivity contribution is 8.00. The molecule has 0 saturated carbocycles. The van der Waals surface area contributed by atoms with E-state index < -0.39 is 0 Å². The Morgan fingerprint density at radius 3 is 2.83 bits per heavy atom. The zero-order chi connectivity index (χ0) is 20.4. The molecule has 1 aromatic heterocycles. The van der Waals surface area contributed by atoms with Gasteiger partial charge in [-0.3, -0.25) is 14.2 Å². The Balaban J connectivity index is 1.65. The summed E-state index contributed by atoms with van der Waals surface area (Å²) in [5.74, 6) is 0.0606. The summed E-state index contributed by atoms with van der Waals surface area (Å²) in [7, 11) is 1.60. The molecule has 1 heterocycles. The molecule has 0 saturated heterocycles. The number of carbonyl (C=O) groups excluding carboxylic acids is 1. The minimum Gasteiger partial charge on any atom is -0.383 e. The van der Waals surface area contributed by atoms with Gasteiger partial charge in [0, 0.05) is 12.7 Å². The van der Waals surface area contributed by atoms with Gasteiger partial charge in [-0.2, -0.15) is 0 Å². The molecule has 150 valence electrons. The molecule has 2 aromatic carbocycles. The summed E-state index contributed by atoms with van der Waals surface area (Å²) in [4.78, 5) is 30.7. The van der Waals surface area contributed by atoms with E-state index in [1.54, 1.807) is 17.7 Å². The highest BCUT2D eigenvalue weighted by Gasteiger charge is 2.22. The lowest BCUT2D eigenvalue weighted by Gasteiger charge is -2.16. The zero-order valence-electron chi connectivity index (χ0n) is 16.7. The van der Waals surface area contributed by atoms with Crippen LogP contribution in [0.15, 0.2) is 52.4 Å². The maximum absolute atomic E-state index is 13.1. The number of benzene rings is 2. The first-order chi connectivity index (χ1) is 14.1. The van der Waals surface area contributed by atoms with Crippen LogP contribution >= 0.6 is 11.8 Å². The van der Waals surface area contributed by atoms with Gasteiger partial charge < -0.3 is 4.74 Å². The minimum atomic E-state index is -0.351. The number of methoxy groups -OCH3 is 1. The second-order valence-electron chi connectivity index (χ2n) is 7.32. The van der Waals surface area contributed by atoms with E-state index in [9.17, 15) is 9.59 Å². The van der Waals surface area contributed by atoms with Gasteiger partial charge in [0.05, 0.1) is 29.3 Å². The first-order valence-corrected chi connectivity index (χ1v) is 10.8. The van der Waals surface area contributed by atoms with Crippen LogP contribution in [0.1, 0.15) is 34.8 Å². The fraction of sp³-hybridized carbons (Fsp3) is 0.348. The van der Waals surface area contributed by atoms with Gasteiger partial charge in [0.2, 0.25) is 0 Å². The average Bonchev–Trinajstić information content (AvgIpc) is 3.21. The van der Waals surface area contributed by atoms with Crippen molar-refractivity contribution in [1.82, 2.24) is 9.55 Å². The number of para-hydroxylation sites is 1. The third-order valence-electron chi connectivity index (χ3n) is 5.38. The van der Waals surface area contributed by atoms with Crippen molar-refractivity contribution in [2.75, 3.05) is 13.7 Å². The number of carbonyl (C=O) groups is 1. The van der Waals surface area contributed by atoms with Crippen LogP contribution in [-0.4, -0.2) is 34.3 Å². The highest BCUT2D eigenvalue weighted by Crippen LogP contribution is 2.28. The molecular weight excluding hydrogens is 384 g/mol. The predicted octanol–water partition coefficient (Wildman–Crippen LogP) is 3.90. The summed E-state index contributed by atoms with van der Waals surface area (Å²) < 4.78 is 6.78. The molecule has 5 nitrogen and oxygen atoms in total. The van der Waals surface area contributed by atoms with Crippen LogP contribution in [0.4, 0.5) is 0 Å². The fourth-order valence-corrected chi connectivity index (χ4v) is 4.80. The molecule has 1 aliphatic carbocycles. The number of aromatic nitrogens is 2. The lowest BCUT2D eigenvalue weighted by molar-refractivity contribution is 0.0993. The number of ketones is 1. The molecule has 0 bridgehead atoms. The Morgan fingerprint density at radius 1 is 1.21 bits per heavy atom. The van der Waals surface area contributed by atoms with Crippen molar-refractivity contribution in [2.24, 2.45) is 0 Å². The Hall–Kier alpha value is -2.44. The van der Waals surface area contributed by atoms with Gasteiger partial charge in [0.25, 0.3) is 5.56 Å². The molecule has 0 fully saturated rings. The van der Waals surface area contributed by atoms with Gasteiger partial charge in [-0.25, -0.2) is 4.98 Å². The normalized spacial score (nSPS) is 14.1. The second kappa shape index (κ2) is 8.51. The number of hydrogen-bond donors (Lipinski definition) is 0. The standard InChI is InChI=1S/C23H24N2O3S/c1-15(21(26)18-11-10-16-6-5-7-17(16)14-18)29-23-24-20-9-4-3-8-19(20)22(27)25(23)12-13-28-2/h3-4,8-11,14-15H,5-7,12-13H2,1-2H3/t15-/m0/s1. The molecule has 1 atom stereocenters. The molecule has 29 heavy (non-hydrogen) atoms. The average molecular weight is 409 g/mol. The molecule has 1 aliphatic rings. The molecular formula is C23H24N2O3S. The van der Waals surface area contributed by atoms with Gasteiger partial charge in [-0.15, -0.1) is 0 Å². The Bertz CT molecular complexity index is 1120. The number of aryl methyl sites for hydroxylation is 2. The molecule has 4 rings (SSSR count). The van der Waals surface area contributed by atoms with Gasteiger partial charge in [-0.1, -0.05) is 36.0 Å². The van der Waals surface area contributed by atoms with Crippen molar-refractivity contribution in [2.45, 2.75) is 43.1 Å². The maximum Gasteiger partial charge on any atom is 0.262 e. The second-order valence-corrected chi connectivity index (χ2v) is 8.63. The summed E-state index contributed by atoms with van der Waals surface area (Å²) in [6.07, 6.45) is 3.30. The van der Waals surface area contributed by atoms with E-state index in [0.717, 1.165) is 24.8 Å². The van der Waals surface area contributed by atoms with Crippen LogP contribution in [0, 0.1) is 0 Å². The van der Waals surface area contributed by atoms with Gasteiger partial charge >= 0.3 is 0 Å². The van der Waals surface area contributed by atoms with E-state index >= 15 is 0 Å². The van der Waals surface area contributed by atoms with E-state index in [1.165, 1.54) is 22.9 Å². The summed E-state index contributed by atoms with van der Waals surface area (Å²) in [6, 6.07) is 13.3. The Kier molecular flexibility index (Phi) is 5.83. The van der Waals surface area contributed by atoms with Crippen molar-refractivity contribution < 1.29 is 9.53 Å². The van der Waals surface area contributed by atoms with Gasteiger partial charge in [0.15, 0.2) is 10.9 Å². The molecule has 3 aromatic rings. The monoisotopic (exact) mass is 408 g/mol. The summed E-state index contributed by atoms with van der Waals surface area (Å²) >= 11 is 1.33. The third kappa shape index (κ3) is 4.00. The summed E-state index contributed by atoms with van der Waals surface area (Å²) in [6.45, 7) is 2.68. The largest absolute Gasteiger partial charge is 0.383 e. The topological polar surface area (TPSA) is 61.2 Å². The van der Waals surface area contributed by atoms with Gasteiger partial charge in [-0.05, 0) is 55.5 Å². The lowest BCUT2D eigenvalue weighted by Crippen LogP contribution is -2.26. The van der Waals surface area contributed by atoms with Crippen molar-refractivity contribution >= 4 is 28.4 Å². The molecule has 0 radical (unpaired) electrons. The number of ether oxygens (including phenoxy) is 1. The molecule has 0 amide bonds. The first kappa shape index (κ1) is 19.9. The van der Waals surface area contributed by atoms with Crippen LogP contribution in [0.25, 0.3) is 10.9 Å². The summed E-state index contributed by atoms with van der Waals surface area (Å²) in [5.41, 5.74) is 3.91. The number of rotatable bonds is 7. The minimum absolute atomic E-state index is 0.0606. The number of thioether (sulfide) groups is 1. The van der Waals surface area contributed by atoms with E-state index in [0.29, 0.717) is 29.2 Å². The van der Waals surface area contributed by atoms with Crippen LogP contribution in [0.2, 0.25) is 0 Å².